The van der Waals surface area contributed by atoms with E-state index in [-0.39, 0.29) is 6.10 Å². The maximum Gasteiger partial charge on any atom is 0.0667 e. The summed E-state index contributed by atoms with van der Waals surface area (Å²) < 4.78 is 0. The van der Waals surface area contributed by atoms with E-state index in [0.717, 1.165) is 24.5 Å². The lowest BCUT2D eigenvalue weighted by Gasteiger charge is -2.15. The second kappa shape index (κ2) is 6.20. The van der Waals surface area contributed by atoms with Crippen molar-refractivity contribution in [2.24, 2.45) is 5.92 Å². The van der Waals surface area contributed by atoms with Gasteiger partial charge in [0.15, 0.2) is 0 Å². The van der Waals surface area contributed by atoms with E-state index in [9.17, 15) is 5.11 Å². The summed E-state index contributed by atoms with van der Waals surface area (Å²) in [6.07, 6.45) is 6.16. The predicted octanol–water partition coefficient (Wildman–Crippen LogP) is 2.09. The van der Waals surface area contributed by atoms with Crippen LogP contribution in [0, 0.1) is 5.92 Å². The van der Waals surface area contributed by atoms with Crippen molar-refractivity contribution < 1.29 is 5.11 Å². The van der Waals surface area contributed by atoms with Crippen molar-refractivity contribution in [1.29, 1.82) is 0 Å². The van der Waals surface area contributed by atoms with Crippen LogP contribution in [0.25, 0.3) is 0 Å². The lowest BCUT2D eigenvalue weighted by molar-refractivity contribution is 0.142. The third kappa shape index (κ3) is 4.77. The molecule has 2 N–H and O–H groups in total. The third-order valence-electron chi connectivity index (χ3n) is 2.89. The second-order valence-corrected chi connectivity index (χ2v) is 4.63. The number of aliphatic hydroxyl groups excluding tert-OH is 1. The fourth-order valence-electron chi connectivity index (χ4n) is 2.17. The van der Waals surface area contributed by atoms with Crippen LogP contribution in [-0.4, -0.2) is 24.3 Å². The second-order valence-electron chi connectivity index (χ2n) is 4.63. The first-order valence-corrected chi connectivity index (χ1v) is 5.71. The van der Waals surface area contributed by atoms with Gasteiger partial charge in [-0.25, -0.2) is 0 Å². The molecule has 1 aliphatic rings. The molecule has 0 aromatic carbocycles. The first-order chi connectivity index (χ1) is 6.68. The first-order valence-electron chi connectivity index (χ1n) is 5.71. The fraction of sp³-hybridized carbons (Fsp3) is 0.833. The van der Waals surface area contributed by atoms with Crippen molar-refractivity contribution in [3.8, 4) is 0 Å². The van der Waals surface area contributed by atoms with Gasteiger partial charge in [-0.15, -0.1) is 0 Å². The molecule has 0 aromatic heterocycles. The molecular weight excluding hydrogens is 174 g/mol. The molecule has 1 saturated carbocycles. The molecule has 0 aromatic rings. The zero-order valence-electron chi connectivity index (χ0n) is 9.26. The standard InChI is InChI=1S/C12H23NO/c1-10(2)8-13-9-12(14)7-11-5-3-4-6-11/h11-14H,1,3-9H2,2H3. The molecule has 2 heteroatoms. The summed E-state index contributed by atoms with van der Waals surface area (Å²) in [6, 6.07) is 0. The van der Waals surface area contributed by atoms with Crippen LogP contribution in [0.1, 0.15) is 39.0 Å². The minimum atomic E-state index is -0.169. The molecule has 0 spiro atoms. The molecule has 1 atom stereocenters. The van der Waals surface area contributed by atoms with Crippen LogP contribution in [0.4, 0.5) is 0 Å². The van der Waals surface area contributed by atoms with E-state index in [0.29, 0.717) is 6.54 Å². The lowest BCUT2D eigenvalue weighted by Crippen LogP contribution is -2.29. The normalized spacial score (nSPS) is 19.9. The van der Waals surface area contributed by atoms with Crippen LogP contribution in [0.5, 0.6) is 0 Å². The Kier molecular flexibility index (Phi) is 5.20. The van der Waals surface area contributed by atoms with E-state index in [1.54, 1.807) is 0 Å². The smallest absolute Gasteiger partial charge is 0.0667 e. The molecule has 0 radical (unpaired) electrons. The number of hydrogen-bond acceptors (Lipinski definition) is 2. The maximum atomic E-state index is 9.73. The third-order valence-corrected chi connectivity index (χ3v) is 2.89. The summed E-state index contributed by atoms with van der Waals surface area (Å²) in [5, 5.41) is 12.9. The molecular formula is C12H23NO. The molecule has 1 aliphatic carbocycles. The molecule has 82 valence electrons. The Morgan fingerprint density at radius 2 is 2.14 bits per heavy atom. The van der Waals surface area contributed by atoms with Gasteiger partial charge >= 0.3 is 0 Å². The molecule has 0 bridgehead atoms. The van der Waals surface area contributed by atoms with Crippen molar-refractivity contribution in [3.63, 3.8) is 0 Å². The van der Waals surface area contributed by atoms with Gasteiger partial charge < -0.3 is 10.4 Å². The molecule has 1 fully saturated rings. The summed E-state index contributed by atoms with van der Waals surface area (Å²) in [6.45, 7) is 7.34. The van der Waals surface area contributed by atoms with Gasteiger partial charge in [-0.05, 0) is 19.3 Å². The van der Waals surface area contributed by atoms with Crippen molar-refractivity contribution in [3.05, 3.63) is 12.2 Å². The van der Waals surface area contributed by atoms with Gasteiger partial charge in [0.1, 0.15) is 0 Å². The van der Waals surface area contributed by atoms with Crippen LogP contribution in [0.15, 0.2) is 12.2 Å². The Morgan fingerprint density at radius 3 is 2.71 bits per heavy atom. The van der Waals surface area contributed by atoms with E-state index in [2.05, 4.69) is 11.9 Å². The van der Waals surface area contributed by atoms with Crippen molar-refractivity contribution in [2.45, 2.75) is 45.1 Å². The van der Waals surface area contributed by atoms with Crippen LogP contribution in [0.3, 0.4) is 0 Å². The molecule has 2 nitrogen and oxygen atoms in total. The SMILES string of the molecule is C=C(C)CNCC(O)CC1CCCC1. The minimum absolute atomic E-state index is 0.169. The topological polar surface area (TPSA) is 32.3 Å². The van der Waals surface area contributed by atoms with Crippen LogP contribution >= 0.6 is 0 Å². The summed E-state index contributed by atoms with van der Waals surface area (Å²) in [5.41, 5.74) is 1.12. The Bertz CT molecular complexity index is 173. The van der Waals surface area contributed by atoms with Gasteiger partial charge in [-0.3, -0.25) is 0 Å². The van der Waals surface area contributed by atoms with E-state index in [1.165, 1.54) is 25.7 Å². The van der Waals surface area contributed by atoms with Gasteiger partial charge in [0.2, 0.25) is 0 Å². The predicted molar refractivity (Wildman–Crippen MR) is 60.3 cm³/mol. The Morgan fingerprint density at radius 1 is 1.50 bits per heavy atom. The van der Waals surface area contributed by atoms with E-state index in [1.807, 2.05) is 6.92 Å². The van der Waals surface area contributed by atoms with E-state index >= 15 is 0 Å². The highest BCUT2D eigenvalue weighted by atomic mass is 16.3. The van der Waals surface area contributed by atoms with Gasteiger partial charge in [0.25, 0.3) is 0 Å². The lowest BCUT2D eigenvalue weighted by atomic mass is 10.00. The summed E-state index contributed by atoms with van der Waals surface area (Å²) in [5.74, 6) is 0.775. The Hall–Kier alpha value is -0.340. The Labute approximate surface area is 87.4 Å². The van der Waals surface area contributed by atoms with Gasteiger partial charge in [-0.2, -0.15) is 0 Å². The van der Waals surface area contributed by atoms with Gasteiger partial charge in [-0.1, -0.05) is 37.8 Å². The quantitative estimate of drug-likeness (QED) is 0.639. The van der Waals surface area contributed by atoms with E-state index in [4.69, 9.17) is 0 Å². The van der Waals surface area contributed by atoms with E-state index < -0.39 is 0 Å². The fourth-order valence-corrected chi connectivity index (χ4v) is 2.17. The summed E-state index contributed by atoms with van der Waals surface area (Å²) in [4.78, 5) is 0. The number of nitrogens with one attached hydrogen (secondary N) is 1. The Balaban J connectivity index is 2.03. The van der Waals surface area contributed by atoms with Crippen LogP contribution in [-0.2, 0) is 0 Å². The molecule has 0 heterocycles. The highest BCUT2D eigenvalue weighted by Gasteiger charge is 2.18. The number of rotatable bonds is 6. The molecule has 0 amide bonds. The highest BCUT2D eigenvalue weighted by Crippen LogP contribution is 2.28. The summed E-state index contributed by atoms with van der Waals surface area (Å²) in [7, 11) is 0. The molecule has 1 unspecified atom stereocenters. The molecule has 0 aliphatic heterocycles. The summed E-state index contributed by atoms with van der Waals surface area (Å²) >= 11 is 0. The van der Waals surface area contributed by atoms with Gasteiger partial charge in [0, 0.05) is 13.1 Å². The van der Waals surface area contributed by atoms with Crippen LogP contribution < -0.4 is 5.32 Å². The molecule has 14 heavy (non-hydrogen) atoms. The maximum absolute atomic E-state index is 9.73. The monoisotopic (exact) mass is 197 g/mol. The van der Waals surface area contributed by atoms with Crippen molar-refractivity contribution >= 4 is 0 Å². The van der Waals surface area contributed by atoms with Gasteiger partial charge in [0.05, 0.1) is 6.10 Å². The highest BCUT2D eigenvalue weighted by molar-refractivity contribution is 4.90. The number of hydrogen-bond donors (Lipinski definition) is 2. The average Bonchev–Trinajstić information content (AvgIpc) is 2.56. The molecule has 1 rings (SSSR count). The van der Waals surface area contributed by atoms with Crippen molar-refractivity contribution in [2.75, 3.05) is 13.1 Å². The molecule has 0 saturated heterocycles. The van der Waals surface area contributed by atoms with Crippen LogP contribution in [0.2, 0.25) is 0 Å². The average molecular weight is 197 g/mol. The number of aliphatic hydroxyl groups is 1. The first kappa shape index (κ1) is 11.7. The largest absolute Gasteiger partial charge is 0.392 e. The van der Waals surface area contributed by atoms with Crippen molar-refractivity contribution in [1.82, 2.24) is 5.32 Å². The zero-order chi connectivity index (χ0) is 10.4. The minimum Gasteiger partial charge on any atom is -0.392 e. The zero-order valence-corrected chi connectivity index (χ0v) is 9.26.